The molecule has 0 aliphatic rings. The zero-order valence-electron chi connectivity index (χ0n) is 10.8. The average Bonchev–Trinajstić information content (AvgIpc) is 2.41. The van der Waals surface area contributed by atoms with Crippen LogP contribution in [0.2, 0.25) is 0 Å². The SMILES string of the molecule is CN(C)c1cccc(Oc2ccc(F)cc2C=O)c1. The fourth-order valence-electron chi connectivity index (χ4n) is 1.66. The molecular formula is C15H14FNO2. The van der Waals surface area contributed by atoms with E-state index < -0.39 is 5.82 Å². The third-order valence-electron chi connectivity index (χ3n) is 2.66. The monoisotopic (exact) mass is 259 g/mol. The quantitative estimate of drug-likeness (QED) is 0.787. The molecule has 0 radical (unpaired) electrons. The molecule has 0 heterocycles. The second kappa shape index (κ2) is 5.52. The molecule has 0 spiro atoms. The topological polar surface area (TPSA) is 29.5 Å². The molecular weight excluding hydrogens is 245 g/mol. The van der Waals surface area contributed by atoms with Crippen molar-refractivity contribution in [3.63, 3.8) is 0 Å². The highest BCUT2D eigenvalue weighted by atomic mass is 19.1. The van der Waals surface area contributed by atoms with Gasteiger partial charge in [0.25, 0.3) is 0 Å². The smallest absolute Gasteiger partial charge is 0.153 e. The van der Waals surface area contributed by atoms with Crippen LogP contribution in [-0.4, -0.2) is 20.4 Å². The Labute approximate surface area is 111 Å². The summed E-state index contributed by atoms with van der Waals surface area (Å²) in [6.45, 7) is 0. The van der Waals surface area contributed by atoms with E-state index in [1.807, 2.05) is 37.2 Å². The third kappa shape index (κ3) is 3.10. The summed E-state index contributed by atoms with van der Waals surface area (Å²) in [5.74, 6) is 0.477. The fourth-order valence-corrected chi connectivity index (χ4v) is 1.66. The molecule has 0 saturated heterocycles. The molecule has 2 aromatic carbocycles. The van der Waals surface area contributed by atoms with Crippen LogP contribution in [0.15, 0.2) is 42.5 Å². The zero-order valence-corrected chi connectivity index (χ0v) is 10.8. The number of benzene rings is 2. The van der Waals surface area contributed by atoms with E-state index in [0.29, 0.717) is 17.8 Å². The van der Waals surface area contributed by atoms with Gasteiger partial charge in [-0.25, -0.2) is 4.39 Å². The zero-order chi connectivity index (χ0) is 13.8. The minimum Gasteiger partial charge on any atom is -0.457 e. The Kier molecular flexibility index (Phi) is 3.80. The second-order valence-electron chi connectivity index (χ2n) is 4.29. The van der Waals surface area contributed by atoms with E-state index in [9.17, 15) is 9.18 Å². The van der Waals surface area contributed by atoms with Crippen molar-refractivity contribution in [2.24, 2.45) is 0 Å². The number of nitrogens with zero attached hydrogens (tertiary/aromatic N) is 1. The summed E-state index contributed by atoms with van der Waals surface area (Å²) in [6, 6.07) is 11.3. The van der Waals surface area contributed by atoms with Crippen molar-refractivity contribution in [2.45, 2.75) is 0 Å². The third-order valence-corrected chi connectivity index (χ3v) is 2.66. The molecule has 0 N–H and O–H groups in total. The van der Waals surface area contributed by atoms with Crippen molar-refractivity contribution in [2.75, 3.05) is 19.0 Å². The van der Waals surface area contributed by atoms with Crippen molar-refractivity contribution in [1.29, 1.82) is 0 Å². The van der Waals surface area contributed by atoms with Crippen LogP contribution in [-0.2, 0) is 0 Å². The van der Waals surface area contributed by atoms with Gasteiger partial charge in [0.2, 0.25) is 0 Å². The second-order valence-corrected chi connectivity index (χ2v) is 4.29. The molecule has 4 heteroatoms. The number of rotatable bonds is 4. The van der Waals surface area contributed by atoms with E-state index in [1.165, 1.54) is 12.1 Å². The van der Waals surface area contributed by atoms with Gasteiger partial charge in [0.1, 0.15) is 17.3 Å². The predicted octanol–water partition coefficient (Wildman–Crippen LogP) is 3.50. The van der Waals surface area contributed by atoms with Crippen molar-refractivity contribution in [3.05, 3.63) is 53.8 Å². The summed E-state index contributed by atoms with van der Waals surface area (Å²) in [5, 5.41) is 0. The number of hydrogen-bond donors (Lipinski definition) is 0. The summed E-state index contributed by atoms with van der Waals surface area (Å²) >= 11 is 0. The molecule has 0 amide bonds. The number of ether oxygens (including phenoxy) is 1. The van der Waals surface area contributed by atoms with Crippen LogP contribution in [0.4, 0.5) is 10.1 Å². The molecule has 98 valence electrons. The molecule has 0 bridgehead atoms. The van der Waals surface area contributed by atoms with Gasteiger partial charge in [-0.2, -0.15) is 0 Å². The van der Waals surface area contributed by atoms with Gasteiger partial charge in [0.05, 0.1) is 5.56 Å². The van der Waals surface area contributed by atoms with Gasteiger partial charge in [-0.1, -0.05) is 6.07 Å². The Balaban J connectivity index is 2.30. The minimum atomic E-state index is -0.462. The highest BCUT2D eigenvalue weighted by molar-refractivity contribution is 5.79. The Hall–Kier alpha value is -2.36. The van der Waals surface area contributed by atoms with E-state index in [1.54, 1.807) is 6.07 Å². The first-order valence-corrected chi connectivity index (χ1v) is 5.80. The lowest BCUT2D eigenvalue weighted by Gasteiger charge is -2.14. The number of halogens is 1. The summed E-state index contributed by atoms with van der Waals surface area (Å²) in [5.41, 5.74) is 1.17. The van der Waals surface area contributed by atoms with Crippen LogP contribution in [0, 0.1) is 5.82 Å². The first-order chi connectivity index (χ1) is 9.10. The Morgan fingerprint density at radius 2 is 1.95 bits per heavy atom. The maximum Gasteiger partial charge on any atom is 0.153 e. The van der Waals surface area contributed by atoms with Gasteiger partial charge in [-0.15, -0.1) is 0 Å². The first kappa shape index (κ1) is 13.1. The van der Waals surface area contributed by atoms with E-state index in [0.717, 1.165) is 11.8 Å². The molecule has 0 fully saturated rings. The molecule has 0 unspecified atom stereocenters. The van der Waals surface area contributed by atoms with E-state index in [-0.39, 0.29) is 5.56 Å². The van der Waals surface area contributed by atoms with Crippen molar-refractivity contribution >= 4 is 12.0 Å². The summed E-state index contributed by atoms with van der Waals surface area (Å²) in [4.78, 5) is 12.8. The summed E-state index contributed by atoms with van der Waals surface area (Å²) in [6.07, 6.45) is 0.578. The molecule has 0 aliphatic carbocycles. The summed E-state index contributed by atoms with van der Waals surface area (Å²) < 4.78 is 18.6. The molecule has 0 aromatic heterocycles. The van der Waals surface area contributed by atoms with Crippen LogP contribution in [0.1, 0.15) is 10.4 Å². The Morgan fingerprint density at radius 1 is 1.16 bits per heavy atom. The summed E-state index contributed by atoms with van der Waals surface area (Å²) in [7, 11) is 3.85. The van der Waals surface area contributed by atoms with Crippen LogP contribution in [0.3, 0.4) is 0 Å². The van der Waals surface area contributed by atoms with E-state index in [2.05, 4.69) is 0 Å². The van der Waals surface area contributed by atoms with Gasteiger partial charge in [0, 0.05) is 25.8 Å². The van der Waals surface area contributed by atoms with Crippen molar-refractivity contribution < 1.29 is 13.9 Å². The normalized spacial score (nSPS) is 10.1. The molecule has 2 rings (SSSR count). The predicted molar refractivity (Wildman–Crippen MR) is 72.6 cm³/mol. The van der Waals surface area contributed by atoms with E-state index >= 15 is 0 Å². The van der Waals surface area contributed by atoms with Crippen LogP contribution < -0.4 is 9.64 Å². The van der Waals surface area contributed by atoms with Gasteiger partial charge >= 0.3 is 0 Å². The molecule has 19 heavy (non-hydrogen) atoms. The Bertz CT molecular complexity index is 596. The lowest BCUT2D eigenvalue weighted by Crippen LogP contribution is -2.08. The van der Waals surface area contributed by atoms with Gasteiger partial charge < -0.3 is 9.64 Å². The number of aldehydes is 1. The average molecular weight is 259 g/mol. The number of anilines is 1. The molecule has 2 aromatic rings. The molecule has 0 aliphatic heterocycles. The highest BCUT2D eigenvalue weighted by Crippen LogP contribution is 2.27. The van der Waals surface area contributed by atoms with Crippen LogP contribution in [0.25, 0.3) is 0 Å². The van der Waals surface area contributed by atoms with Gasteiger partial charge in [-0.05, 0) is 30.3 Å². The number of carbonyl (C=O) groups is 1. The van der Waals surface area contributed by atoms with Gasteiger partial charge in [-0.3, -0.25) is 4.79 Å². The molecule has 3 nitrogen and oxygen atoms in total. The lowest BCUT2D eigenvalue weighted by atomic mass is 10.2. The standard InChI is InChI=1S/C15H14FNO2/c1-17(2)13-4-3-5-14(9-13)19-15-7-6-12(16)8-11(15)10-18/h3-10H,1-2H3. The first-order valence-electron chi connectivity index (χ1n) is 5.80. The Morgan fingerprint density at radius 3 is 2.63 bits per heavy atom. The maximum atomic E-state index is 13.0. The van der Waals surface area contributed by atoms with E-state index in [4.69, 9.17) is 4.74 Å². The molecule has 0 atom stereocenters. The van der Waals surface area contributed by atoms with Crippen molar-refractivity contribution in [1.82, 2.24) is 0 Å². The molecule has 0 saturated carbocycles. The van der Waals surface area contributed by atoms with Crippen molar-refractivity contribution in [3.8, 4) is 11.5 Å². The van der Waals surface area contributed by atoms with Gasteiger partial charge in [0.15, 0.2) is 6.29 Å². The van der Waals surface area contributed by atoms with Crippen LogP contribution in [0.5, 0.6) is 11.5 Å². The largest absolute Gasteiger partial charge is 0.457 e. The maximum absolute atomic E-state index is 13.0. The lowest BCUT2D eigenvalue weighted by molar-refractivity contribution is 0.112. The fraction of sp³-hybridized carbons (Fsp3) is 0.133. The highest BCUT2D eigenvalue weighted by Gasteiger charge is 2.06. The van der Waals surface area contributed by atoms with Crippen LogP contribution >= 0.6 is 0 Å². The number of hydrogen-bond acceptors (Lipinski definition) is 3. The minimum absolute atomic E-state index is 0.190. The number of carbonyl (C=O) groups excluding carboxylic acids is 1.